The number of likely N-dealkylation sites (tertiary alicyclic amines) is 1. The molecule has 0 bridgehead atoms. The second-order valence-electron chi connectivity index (χ2n) is 7.67. The maximum absolute atomic E-state index is 11.7. The second-order valence-corrected chi connectivity index (χ2v) is 7.67. The molecule has 0 aromatic heterocycles. The van der Waals surface area contributed by atoms with Gasteiger partial charge in [0.25, 0.3) is 0 Å². The van der Waals surface area contributed by atoms with Crippen molar-refractivity contribution in [2.75, 3.05) is 20.2 Å². The van der Waals surface area contributed by atoms with E-state index in [1.54, 1.807) is 0 Å². The van der Waals surface area contributed by atoms with Crippen LogP contribution in [-0.2, 0) is 22.5 Å². The lowest BCUT2D eigenvalue weighted by Gasteiger charge is -2.20. The zero-order chi connectivity index (χ0) is 18.8. The van der Waals surface area contributed by atoms with E-state index >= 15 is 0 Å². The van der Waals surface area contributed by atoms with Crippen molar-refractivity contribution in [3.63, 3.8) is 0 Å². The molecular formula is C22H35NO3. The van der Waals surface area contributed by atoms with Crippen LogP contribution in [0.25, 0.3) is 0 Å². The van der Waals surface area contributed by atoms with Gasteiger partial charge in [0.05, 0.1) is 7.11 Å². The third-order valence-electron chi connectivity index (χ3n) is 5.39. The first kappa shape index (κ1) is 20.9. The van der Waals surface area contributed by atoms with Gasteiger partial charge in [-0.05, 0) is 24.0 Å². The van der Waals surface area contributed by atoms with Crippen molar-refractivity contribution in [3.8, 4) is 0 Å². The van der Waals surface area contributed by atoms with Crippen LogP contribution in [0.3, 0.4) is 0 Å². The molecular weight excluding hydrogens is 326 g/mol. The number of carbonyl (C=O) groups excluding carboxylic acids is 1. The fourth-order valence-electron chi connectivity index (χ4n) is 3.72. The predicted molar refractivity (Wildman–Crippen MR) is 105 cm³/mol. The molecule has 0 spiro atoms. The van der Waals surface area contributed by atoms with Crippen LogP contribution in [0.1, 0.15) is 69.4 Å². The molecule has 0 aliphatic carbocycles. The number of aliphatic hydroxyl groups is 1. The van der Waals surface area contributed by atoms with Gasteiger partial charge in [0.2, 0.25) is 0 Å². The molecule has 2 rings (SSSR count). The first-order valence-electron chi connectivity index (χ1n) is 10.2. The van der Waals surface area contributed by atoms with E-state index in [1.165, 1.54) is 63.2 Å². The summed E-state index contributed by atoms with van der Waals surface area (Å²) in [5.74, 6) is -0.523. The Morgan fingerprint density at radius 2 is 1.69 bits per heavy atom. The summed E-state index contributed by atoms with van der Waals surface area (Å²) < 4.78 is 4.71. The van der Waals surface area contributed by atoms with Crippen LogP contribution >= 0.6 is 0 Å². The summed E-state index contributed by atoms with van der Waals surface area (Å²) in [5, 5.41) is 10.3. The van der Waals surface area contributed by atoms with E-state index in [4.69, 9.17) is 4.74 Å². The highest BCUT2D eigenvalue weighted by Gasteiger charge is 2.43. The van der Waals surface area contributed by atoms with E-state index in [9.17, 15) is 9.90 Å². The fourth-order valence-corrected chi connectivity index (χ4v) is 3.72. The average molecular weight is 362 g/mol. The van der Waals surface area contributed by atoms with Crippen molar-refractivity contribution < 1.29 is 14.6 Å². The van der Waals surface area contributed by atoms with Gasteiger partial charge in [0.1, 0.15) is 0 Å². The number of methoxy groups -OCH3 is 1. The van der Waals surface area contributed by atoms with Crippen molar-refractivity contribution >= 4 is 5.97 Å². The van der Waals surface area contributed by atoms with Gasteiger partial charge in [-0.25, -0.2) is 4.79 Å². The number of carbonyl (C=O) groups is 1. The van der Waals surface area contributed by atoms with Crippen LogP contribution in [-0.4, -0.2) is 41.8 Å². The topological polar surface area (TPSA) is 49.8 Å². The highest BCUT2D eigenvalue weighted by atomic mass is 16.5. The standard InChI is InChI=1S/C22H35NO3/c1-3-4-5-6-7-8-9-10-19-11-13-20(14-12-19)17-23-16-15-22(25,18-23)21(24)26-2/h11-14,25H,3-10,15-18H2,1-2H3/t22-/m1/s1. The van der Waals surface area contributed by atoms with Crippen LogP contribution < -0.4 is 0 Å². The highest BCUT2D eigenvalue weighted by Crippen LogP contribution is 2.24. The number of benzene rings is 1. The summed E-state index contributed by atoms with van der Waals surface area (Å²) in [7, 11) is 1.33. The number of ether oxygens (including phenoxy) is 1. The summed E-state index contributed by atoms with van der Waals surface area (Å²) in [6, 6.07) is 8.78. The third-order valence-corrected chi connectivity index (χ3v) is 5.39. The summed E-state index contributed by atoms with van der Waals surface area (Å²) in [5.41, 5.74) is 1.28. The van der Waals surface area contributed by atoms with Crippen LogP contribution in [0.2, 0.25) is 0 Å². The lowest BCUT2D eigenvalue weighted by atomic mass is 10.0. The number of nitrogens with zero attached hydrogens (tertiary/aromatic N) is 1. The van der Waals surface area contributed by atoms with Crippen molar-refractivity contribution in [1.29, 1.82) is 0 Å². The molecule has 4 nitrogen and oxygen atoms in total. The molecule has 1 N–H and O–H groups in total. The zero-order valence-corrected chi connectivity index (χ0v) is 16.5. The molecule has 1 aliphatic rings. The zero-order valence-electron chi connectivity index (χ0n) is 16.5. The second kappa shape index (κ2) is 10.7. The molecule has 0 amide bonds. The van der Waals surface area contributed by atoms with E-state index in [-0.39, 0.29) is 0 Å². The lowest BCUT2D eigenvalue weighted by molar-refractivity contribution is -0.160. The van der Waals surface area contributed by atoms with Gasteiger partial charge in [-0.3, -0.25) is 4.90 Å². The van der Waals surface area contributed by atoms with Gasteiger partial charge in [-0.15, -0.1) is 0 Å². The molecule has 0 radical (unpaired) electrons. The van der Waals surface area contributed by atoms with Crippen LogP contribution in [0.4, 0.5) is 0 Å². The molecule has 4 heteroatoms. The number of esters is 1. The molecule has 1 atom stereocenters. The molecule has 0 saturated carbocycles. The highest BCUT2D eigenvalue weighted by molar-refractivity contribution is 5.79. The number of hydrogen-bond acceptors (Lipinski definition) is 4. The molecule has 1 saturated heterocycles. The van der Waals surface area contributed by atoms with Crippen molar-refractivity contribution in [3.05, 3.63) is 35.4 Å². The van der Waals surface area contributed by atoms with Crippen LogP contribution in [0.15, 0.2) is 24.3 Å². The summed E-state index contributed by atoms with van der Waals surface area (Å²) in [4.78, 5) is 13.8. The number of aryl methyl sites for hydroxylation is 1. The smallest absolute Gasteiger partial charge is 0.339 e. The Morgan fingerprint density at radius 3 is 2.35 bits per heavy atom. The molecule has 146 valence electrons. The molecule has 1 fully saturated rings. The molecule has 1 heterocycles. The van der Waals surface area contributed by atoms with Crippen LogP contribution in [0, 0.1) is 0 Å². The Bertz CT molecular complexity index is 543. The predicted octanol–water partition coefficient (Wildman–Crippen LogP) is 4.09. The first-order chi connectivity index (χ1) is 12.6. The lowest BCUT2D eigenvalue weighted by Crippen LogP contribution is -2.42. The minimum absolute atomic E-state index is 0.347. The monoisotopic (exact) mass is 361 g/mol. The minimum Gasteiger partial charge on any atom is -0.467 e. The summed E-state index contributed by atoms with van der Waals surface area (Å²) in [6.45, 7) is 4.08. The van der Waals surface area contributed by atoms with Crippen molar-refractivity contribution in [2.45, 2.75) is 76.9 Å². The van der Waals surface area contributed by atoms with Gasteiger partial charge >= 0.3 is 5.97 Å². The maximum Gasteiger partial charge on any atom is 0.339 e. The number of hydrogen-bond donors (Lipinski definition) is 1. The SMILES string of the molecule is CCCCCCCCCc1ccc(CN2CC[C@](O)(C(=O)OC)C2)cc1. The van der Waals surface area contributed by atoms with Gasteiger partial charge in [-0.2, -0.15) is 0 Å². The molecule has 1 aromatic carbocycles. The summed E-state index contributed by atoms with van der Waals surface area (Å²) >= 11 is 0. The summed E-state index contributed by atoms with van der Waals surface area (Å²) in [6.07, 6.45) is 11.0. The Morgan fingerprint density at radius 1 is 1.08 bits per heavy atom. The average Bonchev–Trinajstić information content (AvgIpc) is 3.03. The van der Waals surface area contributed by atoms with E-state index in [2.05, 4.69) is 36.1 Å². The molecule has 26 heavy (non-hydrogen) atoms. The van der Waals surface area contributed by atoms with E-state index in [0.29, 0.717) is 19.5 Å². The number of β-amino-alcohol motifs (C(OH)–C–C–N with tert-alkyl or cyclic N) is 1. The molecule has 0 unspecified atom stereocenters. The Labute approximate surface area is 158 Å². The first-order valence-corrected chi connectivity index (χ1v) is 10.2. The van der Waals surface area contributed by atoms with Gasteiger partial charge < -0.3 is 9.84 Å². The van der Waals surface area contributed by atoms with Crippen molar-refractivity contribution in [1.82, 2.24) is 4.90 Å². The van der Waals surface area contributed by atoms with Crippen LogP contribution in [0.5, 0.6) is 0 Å². The Balaban J connectivity index is 1.69. The largest absolute Gasteiger partial charge is 0.467 e. The van der Waals surface area contributed by atoms with Gasteiger partial charge in [-0.1, -0.05) is 69.7 Å². The molecule has 1 aromatic rings. The van der Waals surface area contributed by atoms with E-state index in [0.717, 1.165) is 13.0 Å². The van der Waals surface area contributed by atoms with E-state index in [1.807, 2.05) is 0 Å². The number of rotatable bonds is 11. The Kier molecular flexibility index (Phi) is 8.60. The number of unbranched alkanes of at least 4 members (excludes halogenated alkanes) is 6. The van der Waals surface area contributed by atoms with Crippen molar-refractivity contribution in [2.24, 2.45) is 0 Å². The Hall–Kier alpha value is -1.39. The van der Waals surface area contributed by atoms with Gasteiger partial charge in [0.15, 0.2) is 5.60 Å². The molecule has 1 aliphatic heterocycles. The fraction of sp³-hybridized carbons (Fsp3) is 0.682. The van der Waals surface area contributed by atoms with Gasteiger partial charge in [0, 0.05) is 26.1 Å². The third kappa shape index (κ3) is 6.40. The normalized spacial score (nSPS) is 20.4. The van der Waals surface area contributed by atoms with E-state index < -0.39 is 11.6 Å². The minimum atomic E-state index is -1.34. The maximum atomic E-state index is 11.7. The quantitative estimate of drug-likeness (QED) is 0.476.